The average Bonchev–Trinajstić information content (AvgIpc) is 3.03. The number of benzene rings is 1. The first kappa shape index (κ1) is 17.1. The van der Waals surface area contributed by atoms with Crippen molar-refractivity contribution in [3.63, 3.8) is 0 Å². The minimum absolute atomic E-state index is 0.0426. The van der Waals surface area contributed by atoms with Crippen molar-refractivity contribution in [1.29, 1.82) is 0 Å². The highest BCUT2D eigenvalue weighted by Crippen LogP contribution is 2.27. The molecule has 8 heteroatoms. The Hall–Kier alpha value is -2.74. The summed E-state index contributed by atoms with van der Waals surface area (Å²) in [5, 5.41) is 18.8. The van der Waals surface area contributed by atoms with E-state index in [1.54, 1.807) is 6.07 Å². The summed E-state index contributed by atoms with van der Waals surface area (Å²) in [6.07, 6.45) is 1.22. The Morgan fingerprint density at radius 3 is 2.40 bits per heavy atom. The van der Waals surface area contributed by atoms with Crippen LogP contribution in [0.15, 0.2) is 52.8 Å². The van der Waals surface area contributed by atoms with Crippen LogP contribution < -0.4 is 0 Å². The molecule has 25 heavy (non-hydrogen) atoms. The van der Waals surface area contributed by atoms with Gasteiger partial charge in [-0.1, -0.05) is 45.0 Å². The smallest absolute Gasteiger partial charge is 0.258 e. The molecule has 0 unspecified atom stereocenters. The first-order valence-corrected chi connectivity index (χ1v) is 8.46. The van der Waals surface area contributed by atoms with E-state index in [4.69, 9.17) is 0 Å². The predicted octanol–water partition coefficient (Wildman–Crippen LogP) is 4.22. The summed E-state index contributed by atoms with van der Waals surface area (Å²) in [6, 6.07) is 11.2. The molecule has 0 bridgehead atoms. The van der Waals surface area contributed by atoms with E-state index < -0.39 is 4.92 Å². The fourth-order valence-corrected chi connectivity index (χ4v) is 2.84. The van der Waals surface area contributed by atoms with Crippen molar-refractivity contribution in [3.05, 3.63) is 58.3 Å². The molecule has 0 aliphatic heterocycles. The molecule has 7 nitrogen and oxygen atoms in total. The maximum absolute atomic E-state index is 10.6. The van der Waals surface area contributed by atoms with Crippen molar-refractivity contribution in [2.24, 2.45) is 0 Å². The molecule has 2 heterocycles. The lowest BCUT2D eigenvalue weighted by Gasteiger charge is -2.18. The summed E-state index contributed by atoms with van der Waals surface area (Å²) >= 11 is 1.24. The van der Waals surface area contributed by atoms with E-state index in [1.807, 2.05) is 12.1 Å². The SMILES string of the molecule is CC(C)(C)c1ccc(-c2nc(Sc3ccc([N+](=O)[O-])cn3)n[nH]2)cc1. The van der Waals surface area contributed by atoms with Crippen LogP contribution in [0.25, 0.3) is 11.4 Å². The van der Waals surface area contributed by atoms with Gasteiger partial charge in [-0.05, 0) is 28.8 Å². The zero-order chi connectivity index (χ0) is 18.0. The van der Waals surface area contributed by atoms with Crippen LogP contribution in [-0.2, 0) is 5.41 Å². The summed E-state index contributed by atoms with van der Waals surface area (Å²) in [6.45, 7) is 6.51. The van der Waals surface area contributed by atoms with E-state index in [-0.39, 0.29) is 11.1 Å². The van der Waals surface area contributed by atoms with Crippen LogP contribution in [0.4, 0.5) is 5.69 Å². The average molecular weight is 355 g/mol. The van der Waals surface area contributed by atoms with Crippen molar-refractivity contribution in [3.8, 4) is 11.4 Å². The second-order valence-corrected chi connectivity index (χ2v) is 7.50. The molecule has 0 spiro atoms. The standard InChI is InChI=1S/C17H17N5O2S/c1-17(2,3)12-6-4-11(5-7-12)15-19-16(21-20-15)25-14-9-8-13(10-18-14)22(23)24/h4-10H,1-3H3,(H,19,20,21). The van der Waals surface area contributed by atoms with Crippen molar-refractivity contribution < 1.29 is 4.92 Å². The number of nitrogens with one attached hydrogen (secondary N) is 1. The highest BCUT2D eigenvalue weighted by Gasteiger charge is 2.14. The van der Waals surface area contributed by atoms with E-state index in [0.29, 0.717) is 16.0 Å². The van der Waals surface area contributed by atoms with Gasteiger partial charge >= 0.3 is 0 Å². The molecule has 0 amide bonds. The number of nitrogens with zero attached hydrogens (tertiary/aromatic N) is 4. The van der Waals surface area contributed by atoms with Gasteiger partial charge in [0.1, 0.15) is 11.2 Å². The van der Waals surface area contributed by atoms with Crippen LogP contribution in [0.1, 0.15) is 26.3 Å². The molecule has 0 radical (unpaired) electrons. The Bertz CT molecular complexity index is 883. The normalized spacial score (nSPS) is 11.5. The Labute approximate surface area is 149 Å². The van der Waals surface area contributed by atoms with Crippen molar-refractivity contribution in [1.82, 2.24) is 20.2 Å². The van der Waals surface area contributed by atoms with E-state index in [9.17, 15) is 10.1 Å². The van der Waals surface area contributed by atoms with Crippen LogP contribution >= 0.6 is 11.8 Å². The van der Waals surface area contributed by atoms with Crippen LogP contribution in [0, 0.1) is 10.1 Å². The number of H-pyrrole nitrogens is 1. The van der Waals surface area contributed by atoms with Crippen LogP contribution in [-0.4, -0.2) is 25.1 Å². The molecule has 0 atom stereocenters. The van der Waals surface area contributed by atoms with Crippen molar-refractivity contribution >= 4 is 17.4 Å². The van der Waals surface area contributed by atoms with Crippen LogP contribution in [0.5, 0.6) is 0 Å². The summed E-state index contributed by atoms with van der Waals surface area (Å²) < 4.78 is 0. The van der Waals surface area contributed by atoms with Crippen molar-refractivity contribution in [2.75, 3.05) is 0 Å². The number of pyridine rings is 1. The molecular weight excluding hydrogens is 338 g/mol. The van der Waals surface area contributed by atoms with E-state index in [2.05, 4.69) is 53.1 Å². The topological polar surface area (TPSA) is 97.6 Å². The van der Waals surface area contributed by atoms with Gasteiger partial charge in [0.25, 0.3) is 5.69 Å². The molecule has 1 N–H and O–H groups in total. The Morgan fingerprint density at radius 2 is 1.84 bits per heavy atom. The molecule has 3 aromatic rings. The van der Waals surface area contributed by atoms with Crippen LogP contribution in [0.3, 0.4) is 0 Å². The number of nitro groups is 1. The van der Waals surface area contributed by atoms with E-state index in [0.717, 1.165) is 5.56 Å². The zero-order valence-corrected chi connectivity index (χ0v) is 14.9. The Morgan fingerprint density at radius 1 is 1.12 bits per heavy atom. The highest BCUT2D eigenvalue weighted by atomic mass is 32.2. The lowest BCUT2D eigenvalue weighted by atomic mass is 9.87. The quantitative estimate of drug-likeness (QED) is 0.556. The predicted molar refractivity (Wildman–Crippen MR) is 95.5 cm³/mol. The lowest BCUT2D eigenvalue weighted by molar-refractivity contribution is -0.385. The summed E-state index contributed by atoms with van der Waals surface area (Å²) in [5.74, 6) is 0.671. The van der Waals surface area contributed by atoms with Gasteiger partial charge in [0.05, 0.1) is 4.92 Å². The number of hydrogen-bond acceptors (Lipinski definition) is 6. The number of rotatable bonds is 4. The third kappa shape index (κ3) is 4.03. The highest BCUT2D eigenvalue weighted by molar-refractivity contribution is 7.99. The molecule has 128 valence electrons. The van der Waals surface area contributed by atoms with E-state index >= 15 is 0 Å². The van der Waals surface area contributed by atoms with E-state index in [1.165, 1.54) is 29.6 Å². The number of aromatic nitrogens is 4. The number of hydrogen-bond donors (Lipinski definition) is 1. The first-order chi connectivity index (χ1) is 11.8. The fourth-order valence-electron chi connectivity index (χ4n) is 2.18. The zero-order valence-electron chi connectivity index (χ0n) is 14.1. The van der Waals surface area contributed by atoms with Crippen LogP contribution in [0.2, 0.25) is 0 Å². The minimum atomic E-state index is -0.479. The largest absolute Gasteiger partial charge is 0.287 e. The maximum atomic E-state index is 10.6. The molecular formula is C17H17N5O2S. The third-order valence-corrected chi connectivity index (χ3v) is 4.43. The van der Waals surface area contributed by atoms with Gasteiger partial charge in [-0.2, -0.15) is 0 Å². The molecule has 0 aliphatic carbocycles. The van der Waals surface area contributed by atoms with Gasteiger partial charge in [0, 0.05) is 11.6 Å². The van der Waals surface area contributed by atoms with Gasteiger partial charge in [-0.25, -0.2) is 9.97 Å². The van der Waals surface area contributed by atoms with Gasteiger partial charge in [-0.3, -0.25) is 15.2 Å². The molecule has 0 aliphatic rings. The summed E-state index contributed by atoms with van der Waals surface area (Å²) in [5.41, 5.74) is 2.26. The lowest BCUT2D eigenvalue weighted by Crippen LogP contribution is -2.10. The Balaban J connectivity index is 1.75. The van der Waals surface area contributed by atoms with Gasteiger partial charge in [-0.15, -0.1) is 5.10 Å². The second-order valence-electron chi connectivity index (χ2n) is 6.51. The molecule has 2 aromatic heterocycles. The molecule has 0 saturated carbocycles. The third-order valence-electron chi connectivity index (χ3n) is 3.62. The summed E-state index contributed by atoms with van der Waals surface area (Å²) in [4.78, 5) is 18.7. The Kier molecular flexibility index (Phi) is 4.54. The van der Waals surface area contributed by atoms with Gasteiger partial charge in [0.2, 0.25) is 5.16 Å². The van der Waals surface area contributed by atoms with Gasteiger partial charge in [0.15, 0.2) is 5.82 Å². The fraction of sp³-hybridized carbons (Fsp3) is 0.235. The second kappa shape index (κ2) is 6.64. The molecule has 3 rings (SSSR count). The minimum Gasteiger partial charge on any atom is -0.258 e. The first-order valence-electron chi connectivity index (χ1n) is 7.64. The maximum Gasteiger partial charge on any atom is 0.287 e. The molecule has 0 fully saturated rings. The molecule has 1 aromatic carbocycles. The van der Waals surface area contributed by atoms with Crippen molar-refractivity contribution in [2.45, 2.75) is 36.4 Å². The number of aromatic amines is 1. The monoisotopic (exact) mass is 355 g/mol. The molecule has 0 saturated heterocycles. The summed E-state index contributed by atoms with van der Waals surface area (Å²) in [7, 11) is 0. The van der Waals surface area contributed by atoms with Gasteiger partial charge < -0.3 is 0 Å².